The Kier molecular flexibility index (Phi) is 4.44. The summed E-state index contributed by atoms with van der Waals surface area (Å²) in [5.74, 6) is -1.60. The first-order valence-electron chi connectivity index (χ1n) is 8.84. The van der Waals surface area contributed by atoms with E-state index in [0.717, 1.165) is 12.8 Å². The average molecular weight is 378 g/mol. The van der Waals surface area contributed by atoms with Crippen LogP contribution in [-0.4, -0.2) is 34.0 Å². The van der Waals surface area contributed by atoms with Crippen LogP contribution in [-0.2, 0) is 0 Å². The van der Waals surface area contributed by atoms with E-state index in [4.69, 9.17) is 0 Å². The number of aromatic carboxylic acids is 1. The van der Waals surface area contributed by atoms with E-state index in [1.54, 1.807) is 48.5 Å². The first-order valence-corrected chi connectivity index (χ1v) is 8.84. The van der Waals surface area contributed by atoms with Crippen molar-refractivity contribution in [3.8, 4) is 0 Å². The van der Waals surface area contributed by atoms with Crippen LogP contribution in [0.4, 0.5) is 16.2 Å². The molecule has 0 saturated heterocycles. The fourth-order valence-corrected chi connectivity index (χ4v) is 2.90. The van der Waals surface area contributed by atoms with Crippen LogP contribution in [0, 0.1) is 0 Å². The number of carboxylic acid groups (broad SMARTS) is 1. The Hall–Kier alpha value is -3.81. The molecule has 142 valence electrons. The summed E-state index contributed by atoms with van der Waals surface area (Å²) in [6.45, 7) is 0. The molecule has 0 radical (unpaired) electrons. The van der Waals surface area contributed by atoms with Gasteiger partial charge in [-0.2, -0.15) is 0 Å². The van der Waals surface area contributed by atoms with Crippen LogP contribution in [0.3, 0.4) is 0 Å². The molecule has 1 heterocycles. The molecule has 1 aliphatic carbocycles. The molecule has 8 heteroatoms. The molecule has 1 fully saturated rings. The number of hydrogen-bond acceptors (Lipinski definition) is 3. The molecule has 28 heavy (non-hydrogen) atoms. The van der Waals surface area contributed by atoms with Gasteiger partial charge in [0.2, 0.25) is 0 Å². The molecule has 0 atom stereocenters. The minimum Gasteiger partial charge on any atom is -0.477 e. The van der Waals surface area contributed by atoms with Crippen LogP contribution in [0.25, 0.3) is 10.9 Å². The monoisotopic (exact) mass is 378 g/mol. The number of carbonyl (C=O) groups is 3. The first kappa shape index (κ1) is 17.6. The van der Waals surface area contributed by atoms with Gasteiger partial charge in [-0.05, 0) is 43.2 Å². The summed E-state index contributed by atoms with van der Waals surface area (Å²) in [5, 5.41) is 18.2. The van der Waals surface area contributed by atoms with Crippen molar-refractivity contribution in [3.63, 3.8) is 0 Å². The highest BCUT2D eigenvalue weighted by Crippen LogP contribution is 2.28. The van der Waals surface area contributed by atoms with Gasteiger partial charge in [0.05, 0.1) is 5.69 Å². The third kappa shape index (κ3) is 3.66. The Balaban J connectivity index is 1.50. The van der Waals surface area contributed by atoms with E-state index in [2.05, 4.69) is 20.9 Å². The molecule has 0 unspecified atom stereocenters. The van der Waals surface area contributed by atoms with Crippen LogP contribution >= 0.6 is 0 Å². The fourth-order valence-electron chi connectivity index (χ4n) is 2.90. The summed E-state index contributed by atoms with van der Waals surface area (Å²) in [6, 6.07) is 13.4. The minimum absolute atomic E-state index is 0.0791. The molecule has 3 aromatic rings. The highest BCUT2D eigenvalue weighted by molar-refractivity contribution is 6.14. The highest BCUT2D eigenvalue weighted by atomic mass is 16.4. The number of aromatic nitrogens is 1. The second-order valence-electron chi connectivity index (χ2n) is 6.63. The van der Waals surface area contributed by atoms with Crippen LogP contribution < -0.4 is 16.0 Å². The SMILES string of the molecule is O=C(Nc1ccc(C(=O)Nc2c(C(=O)O)[nH]c3ccccc23)cc1)NC1CC1. The van der Waals surface area contributed by atoms with Crippen LogP contribution in [0.2, 0.25) is 0 Å². The molecule has 3 amide bonds. The Morgan fingerprint density at radius 3 is 2.36 bits per heavy atom. The van der Waals surface area contributed by atoms with Gasteiger partial charge in [0, 0.05) is 28.2 Å². The quantitative estimate of drug-likeness (QED) is 0.467. The molecule has 1 saturated carbocycles. The zero-order chi connectivity index (χ0) is 19.7. The minimum atomic E-state index is -1.16. The number of H-pyrrole nitrogens is 1. The van der Waals surface area contributed by atoms with Crippen molar-refractivity contribution < 1.29 is 19.5 Å². The number of nitrogens with one attached hydrogen (secondary N) is 4. The number of aromatic amines is 1. The number of hydrogen-bond donors (Lipinski definition) is 5. The zero-order valence-corrected chi connectivity index (χ0v) is 14.8. The Morgan fingerprint density at radius 1 is 0.964 bits per heavy atom. The number of fused-ring (bicyclic) bond motifs is 1. The third-order valence-corrected chi connectivity index (χ3v) is 4.48. The van der Waals surface area contributed by atoms with Gasteiger partial charge >= 0.3 is 12.0 Å². The van der Waals surface area contributed by atoms with Crippen LogP contribution in [0.5, 0.6) is 0 Å². The van der Waals surface area contributed by atoms with Crippen molar-refractivity contribution in [2.45, 2.75) is 18.9 Å². The summed E-state index contributed by atoms with van der Waals surface area (Å²) in [5.41, 5.74) is 1.67. The van der Waals surface area contributed by atoms with E-state index in [9.17, 15) is 19.5 Å². The lowest BCUT2D eigenvalue weighted by molar-refractivity contribution is 0.0692. The van der Waals surface area contributed by atoms with E-state index in [1.165, 1.54) is 0 Å². The second-order valence-corrected chi connectivity index (χ2v) is 6.63. The number of carboxylic acids is 1. The molecule has 0 bridgehead atoms. The van der Waals surface area contributed by atoms with Gasteiger partial charge in [-0.25, -0.2) is 9.59 Å². The zero-order valence-electron chi connectivity index (χ0n) is 14.8. The molecule has 1 aromatic heterocycles. The summed E-state index contributed by atoms with van der Waals surface area (Å²) < 4.78 is 0. The normalized spacial score (nSPS) is 13.1. The van der Waals surface area contributed by atoms with E-state index in [1.807, 2.05) is 0 Å². The lowest BCUT2D eigenvalue weighted by Crippen LogP contribution is -2.30. The van der Waals surface area contributed by atoms with Crippen molar-refractivity contribution in [2.24, 2.45) is 0 Å². The van der Waals surface area contributed by atoms with Crippen molar-refractivity contribution in [1.82, 2.24) is 10.3 Å². The molecule has 5 N–H and O–H groups in total. The molecule has 2 aromatic carbocycles. The first-order chi connectivity index (χ1) is 13.5. The molecule has 0 aliphatic heterocycles. The second kappa shape index (κ2) is 7.07. The summed E-state index contributed by atoms with van der Waals surface area (Å²) in [7, 11) is 0. The number of benzene rings is 2. The summed E-state index contributed by atoms with van der Waals surface area (Å²) >= 11 is 0. The number of carbonyl (C=O) groups excluding carboxylic acids is 2. The van der Waals surface area contributed by atoms with Gasteiger partial charge in [-0.3, -0.25) is 4.79 Å². The Morgan fingerprint density at radius 2 is 1.68 bits per heavy atom. The lowest BCUT2D eigenvalue weighted by Gasteiger charge is -2.08. The Bertz CT molecular complexity index is 1070. The van der Waals surface area contributed by atoms with Crippen molar-refractivity contribution >= 4 is 40.2 Å². The smallest absolute Gasteiger partial charge is 0.354 e. The van der Waals surface area contributed by atoms with Crippen molar-refractivity contribution in [2.75, 3.05) is 10.6 Å². The predicted octanol–water partition coefficient (Wildman–Crippen LogP) is 3.40. The molecule has 8 nitrogen and oxygen atoms in total. The maximum atomic E-state index is 12.6. The van der Waals surface area contributed by atoms with Gasteiger partial charge < -0.3 is 26.0 Å². The number of rotatable bonds is 5. The molecule has 4 rings (SSSR count). The number of para-hydroxylation sites is 1. The van der Waals surface area contributed by atoms with E-state index >= 15 is 0 Å². The average Bonchev–Trinajstić information content (AvgIpc) is 3.41. The topological polar surface area (TPSA) is 123 Å². The van der Waals surface area contributed by atoms with E-state index < -0.39 is 11.9 Å². The summed E-state index contributed by atoms with van der Waals surface area (Å²) in [4.78, 5) is 38.7. The van der Waals surface area contributed by atoms with Gasteiger partial charge in [0.1, 0.15) is 5.69 Å². The third-order valence-electron chi connectivity index (χ3n) is 4.48. The van der Waals surface area contributed by atoms with Gasteiger partial charge in [-0.1, -0.05) is 18.2 Å². The maximum absolute atomic E-state index is 12.6. The molecular weight excluding hydrogens is 360 g/mol. The fraction of sp³-hybridized carbons (Fsp3) is 0.150. The Labute approximate surface area is 159 Å². The van der Waals surface area contributed by atoms with Crippen LogP contribution in [0.15, 0.2) is 48.5 Å². The number of urea groups is 1. The predicted molar refractivity (Wildman–Crippen MR) is 105 cm³/mol. The molecule has 0 spiro atoms. The van der Waals surface area contributed by atoms with Gasteiger partial charge in [-0.15, -0.1) is 0 Å². The van der Waals surface area contributed by atoms with E-state index in [-0.39, 0.29) is 23.5 Å². The highest BCUT2D eigenvalue weighted by Gasteiger charge is 2.23. The van der Waals surface area contributed by atoms with Crippen molar-refractivity contribution in [1.29, 1.82) is 0 Å². The van der Waals surface area contributed by atoms with Crippen molar-refractivity contribution in [3.05, 3.63) is 59.8 Å². The standard InChI is InChI=1S/C20H18N4O4/c25-18(11-5-7-12(8-6-11)21-20(28)22-13-9-10-13)24-16-14-3-1-2-4-15(14)23-17(16)19(26)27/h1-8,13,23H,9-10H2,(H,24,25)(H,26,27)(H2,21,22,28). The number of amides is 3. The van der Waals surface area contributed by atoms with E-state index in [0.29, 0.717) is 22.2 Å². The maximum Gasteiger partial charge on any atom is 0.354 e. The van der Waals surface area contributed by atoms with Gasteiger partial charge in [0.25, 0.3) is 5.91 Å². The lowest BCUT2D eigenvalue weighted by atomic mass is 10.1. The molecule has 1 aliphatic rings. The summed E-state index contributed by atoms with van der Waals surface area (Å²) in [6.07, 6.45) is 2.00. The van der Waals surface area contributed by atoms with Gasteiger partial charge in [0.15, 0.2) is 0 Å². The van der Waals surface area contributed by atoms with Crippen LogP contribution in [0.1, 0.15) is 33.7 Å². The molecular formula is C20H18N4O4. The largest absolute Gasteiger partial charge is 0.477 e. The number of anilines is 2.